The predicted molar refractivity (Wildman–Crippen MR) is 99.3 cm³/mol. The highest BCUT2D eigenvalue weighted by molar-refractivity contribution is 7.89. The van der Waals surface area contributed by atoms with Crippen LogP contribution in [0.25, 0.3) is 0 Å². The molecule has 130 valence electrons. The summed E-state index contributed by atoms with van der Waals surface area (Å²) in [5.41, 5.74) is 1.14. The summed E-state index contributed by atoms with van der Waals surface area (Å²) in [4.78, 5) is 1.91. The molecule has 4 nitrogen and oxygen atoms in total. The topological polar surface area (TPSA) is 49.4 Å². The minimum Gasteiger partial charge on any atom is -0.305 e. The van der Waals surface area contributed by atoms with Gasteiger partial charge in [0.05, 0.1) is 10.0 Å². The largest absolute Gasteiger partial charge is 0.305 e. The van der Waals surface area contributed by atoms with Gasteiger partial charge < -0.3 is 4.90 Å². The van der Waals surface area contributed by atoms with Crippen molar-refractivity contribution in [1.82, 2.24) is 9.62 Å². The molecule has 7 heteroatoms. The van der Waals surface area contributed by atoms with Crippen LogP contribution < -0.4 is 4.72 Å². The molecule has 0 saturated heterocycles. The molecule has 1 atom stereocenters. The van der Waals surface area contributed by atoms with Crippen LogP contribution in [0.3, 0.4) is 0 Å². The average molecular weight is 387 g/mol. The average Bonchev–Trinajstić information content (AvgIpc) is 2.51. The Morgan fingerprint density at radius 3 is 2.12 bits per heavy atom. The Bertz CT molecular complexity index is 760. The molecular weight excluding hydrogens is 367 g/mol. The molecule has 2 aromatic carbocycles. The van der Waals surface area contributed by atoms with Crippen molar-refractivity contribution in [3.8, 4) is 0 Å². The van der Waals surface area contributed by atoms with E-state index >= 15 is 0 Å². The van der Waals surface area contributed by atoms with Gasteiger partial charge in [0, 0.05) is 12.6 Å². The molecule has 0 amide bonds. The van der Waals surface area contributed by atoms with Gasteiger partial charge in [-0.3, -0.25) is 0 Å². The van der Waals surface area contributed by atoms with Gasteiger partial charge >= 0.3 is 0 Å². The monoisotopic (exact) mass is 386 g/mol. The van der Waals surface area contributed by atoms with E-state index in [1.54, 1.807) is 6.07 Å². The van der Waals surface area contributed by atoms with Crippen LogP contribution in [0.15, 0.2) is 53.4 Å². The highest BCUT2D eigenvalue weighted by atomic mass is 35.5. The van der Waals surface area contributed by atoms with Gasteiger partial charge in [-0.1, -0.05) is 59.6 Å². The molecule has 0 bridgehead atoms. The van der Waals surface area contributed by atoms with Crippen molar-refractivity contribution in [2.24, 2.45) is 0 Å². The second-order valence-corrected chi connectivity index (χ2v) is 8.23. The summed E-state index contributed by atoms with van der Waals surface area (Å²) in [6, 6.07) is 14.6. The fraction of sp³-hybridized carbons (Fsp3) is 0.294. The number of nitrogens with zero attached hydrogens (tertiary/aromatic N) is 1. The molecule has 2 rings (SSSR count). The van der Waals surface area contributed by atoms with E-state index in [1.165, 1.54) is 12.1 Å². The van der Waals surface area contributed by atoms with E-state index in [4.69, 9.17) is 23.2 Å². The molecule has 0 spiro atoms. The predicted octanol–water partition coefficient (Wildman–Crippen LogP) is 3.44. The van der Waals surface area contributed by atoms with Gasteiger partial charge in [-0.05, 0) is 38.2 Å². The molecule has 2 aromatic rings. The number of hydrogen-bond donors (Lipinski definition) is 1. The number of likely N-dealkylation sites (N-methyl/N-ethyl adjacent to an activating group) is 1. The highest BCUT2D eigenvalue weighted by Gasteiger charge is 2.23. The van der Waals surface area contributed by atoms with Crippen molar-refractivity contribution >= 4 is 33.2 Å². The molecule has 1 unspecified atom stereocenters. The van der Waals surface area contributed by atoms with Crippen LogP contribution in [0, 0.1) is 0 Å². The lowest BCUT2D eigenvalue weighted by molar-refractivity contribution is 0.291. The molecule has 0 aliphatic carbocycles. The smallest absolute Gasteiger partial charge is 0.243 e. The van der Waals surface area contributed by atoms with Crippen molar-refractivity contribution < 1.29 is 8.42 Å². The van der Waals surface area contributed by atoms with E-state index in [1.807, 2.05) is 49.3 Å². The third kappa shape index (κ3) is 4.94. The molecule has 1 N–H and O–H groups in total. The molecule has 0 saturated carbocycles. The fourth-order valence-electron chi connectivity index (χ4n) is 2.34. The highest BCUT2D eigenvalue weighted by Crippen LogP contribution is 2.28. The normalized spacial score (nSPS) is 13.2. The first kappa shape index (κ1) is 19.2. The maximum Gasteiger partial charge on any atom is 0.243 e. The second-order valence-electron chi connectivity index (χ2n) is 5.71. The van der Waals surface area contributed by atoms with Gasteiger partial charge in [-0.25, -0.2) is 13.1 Å². The summed E-state index contributed by atoms with van der Waals surface area (Å²) >= 11 is 12.0. The van der Waals surface area contributed by atoms with Crippen molar-refractivity contribution in [1.29, 1.82) is 0 Å². The van der Waals surface area contributed by atoms with Crippen LogP contribution in [-0.2, 0) is 16.4 Å². The number of nitrogens with one attached hydrogen (secondary N) is 1. The van der Waals surface area contributed by atoms with Gasteiger partial charge in [0.2, 0.25) is 10.0 Å². The lowest BCUT2D eigenvalue weighted by atomic mass is 10.1. The maximum atomic E-state index is 12.6. The first-order valence-corrected chi connectivity index (χ1v) is 9.69. The Morgan fingerprint density at radius 1 is 1.00 bits per heavy atom. The van der Waals surface area contributed by atoms with Crippen LogP contribution in [0.4, 0.5) is 0 Å². The molecule has 0 aliphatic heterocycles. The summed E-state index contributed by atoms with van der Waals surface area (Å²) < 4.78 is 27.7. The zero-order chi connectivity index (χ0) is 17.7. The van der Waals surface area contributed by atoms with Crippen LogP contribution in [0.1, 0.15) is 5.56 Å². The molecule has 0 heterocycles. The Labute approximate surface area is 153 Å². The van der Waals surface area contributed by atoms with Gasteiger partial charge in [0.1, 0.15) is 4.90 Å². The third-order valence-corrected chi connectivity index (χ3v) is 6.12. The van der Waals surface area contributed by atoms with E-state index in [9.17, 15) is 8.42 Å². The first-order chi connectivity index (χ1) is 11.3. The quantitative estimate of drug-likeness (QED) is 0.792. The lowest BCUT2D eigenvalue weighted by Crippen LogP contribution is -2.41. The minimum absolute atomic E-state index is 0.00318. The number of rotatable bonds is 7. The van der Waals surface area contributed by atoms with Crippen molar-refractivity contribution in [3.05, 3.63) is 64.1 Å². The van der Waals surface area contributed by atoms with Crippen molar-refractivity contribution in [2.45, 2.75) is 17.4 Å². The first-order valence-electron chi connectivity index (χ1n) is 7.45. The van der Waals surface area contributed by atoms with E-state index in [0.717, 1.165) is 12.0 Å². The standard InChI is InChI=1S/C17H20Cl2N2O2S/c1-21(2)14(11-13-7-4-3-5-8-13)12-20-24(22,23)17-15(18)9-6-10-16(17)19/h3-10,14,20H,11-12H2,1-2H3. The van der Waals surface area contributed by atoms with Gasteiger partial charge in [0.25, 0.3) is 0 Å². The number of halogens is 2. The number of sulfonamides is 1. The van der Waals surface area contributed by atoms with Crippen LogP contribution >= 0.6 is 23.2 Å². The Kier molecular flexibility index (Phi) is 6.66. The molecule has 0 radical (unpaired) electrons. The zero-order valence-corrected chi connectivity index (χ0v) is 15.9. The fourth-order valence-corrected chi connectivity index (χ4v) is 4.55. The van der Waals surface area contributed by atoms with E-state index in [-0.39, 0.29) is 27.5 Å². The molecule has 24 heavy (non-hydrogen) atoms. The van der Waals surface area contributed by atoms with Crippen molar-refractivity contribution in [2.75, 3.05) is 20.6 Å². The Morgan fingerprint density at radius 2 is 1.58 bits per heavy atom. The van der Waals surface area contributed by atoms with Crippen molar-refractivity contribution in [3.63, 3.8) is 0 Å². The van der Waals surface area contributed by atoms with E-state index in [2.05, 4.69) is 4.72 Å². The molecule has 0 aliphatic rings. The third-order valence-electron chi connectivity index (χ3n) is 3.74. The summed E-state index contributed by atoms with van der Waals surface area (Å²) in [5.74, 6) is 0. The van der Waals surface area contributed by atoms with E-state index < -0.39 is 10.0 Å². The van der Waals surface area contributed by atoms with Crippen LogP contribution in [0.2, 0.25) is 10.0 Å². The molecule has 0 aromatic heterocycles. The number of benzene rings is 2. The second kappa shape index (κ2) is 8.32. The summed E-state index contributed by atoms with van der Waals surface area (Å²) in [6.45, 7) is 0.256. The SMILES string of the molecule is CN(C)C(CNS(=O)(=O)c1c(Cl)cccc1Cl)Cc1ccccc1. The maximum absolute atomic E-state index is 12.6. The Hall–Kier alpha value is -1.11. The van der Waals surface area contributed by atoms with Gasteiger partial charge in [-0.15, -0.1) is 0 Å². The summed E-state index contributed by atoms with van der Waals surface area (Å²) in [5, 5.41) is 0.221. The van der Waals surface area contributed by atoms with Gasteiger partial charge in [0.15, 0.2) is 0 Å². The molecular formula is C17H20Cl2N2O2S. The zero-order valence-electron chi connectivity index (χ0n) is 13.5. The summed E-state index contributed by atoms with van der Waals surface area (Å²) in [6.07, 6.45) is 0.729. The number of hydrogen-bond acceptors (Lipinski definition) is 3. The molecule has 0 fully saturated rings. The summed E-state index contributed by atoms with van der Waals surface area (Å²) in [7, 11) is 0.0590. The minimum atomic E-state index is -3.78. The Balaban J connectivity index is 2.14. The van der Waals surface area contributed by atoms with Crippen LogP contribution in [0.5, 0.6) is 0 Å². The van der Waals surface area contributed by atoms with E-state index in [0.29, 0.717) is 0 Å². The van der Waals surface area contributed by atoms with Crippen LogP contribution in [-0.4, -0.2) is 40.0 Å². The lowest BCUT2D eigenvalue weighted by Gasteiger charge is -2.25. The van der Waals surface area contributed by atoms with Gasteiger partial charge in [-0.2, -0.15) is 0 Å².